The van der Waals surface area contributed by atoms with E-state index in [9.17, 15) is 13.2 Å². The lowest BCUT2D eigenvalue weighted by Gasteiger charge is -2.10. The summed E-state index contributed by atoms with van der Waals surface area (Å²) in [4.78, 5) is 7.38. The molecule has 16 heavy (non-hydrogen) atoms. The van der Waals surface area contributed by atoms with Gasteiger partial charge < -0.3 is 0 Å². The molecular formula is C9H3Cl2F3N2. The van der Waals surface area contributed by atoms with Crippen LogP contribution in [-0.2, 0) is 6.18 Å². The Labute approximate surface area is 98.0 Å². The first-order chi connectivity index (χ1) is 7.39. The Morgan fingerprint density at radius 2 is 1.75 bits per heavy atom. The van der Waals surface area contributed by atoms with Crippen LogP contribution in [0, 0.1) is 0 Å². The van der Waals surface area contributed by atoms with Crippen LogP contribution in [0.5, 0.6) is 0 Å². The SMILES string of the molecule is FC(F)(F)c1cc2c(Cl)ncnc2cc1Cl. The van der Waals surface area contributed by atoms with Gasteiger partial charge in [-0.05, 0) is 12.1 Å². The molecule has 2 nitrogen and oxygen atoms in total. The Morgan fingerprint density at radius 1 is 1.06 bits per heavy atom. The van der Waals surface area contributed by atoms with E-state index in [1.165, 1.54) is 0 Å². The summed E-state index contributed by atoms with van der Waals surface area (Å²) in [6, 6.07) is 1.97. The van der Waals surface area contributed by atoms with E-state index < -0.39 is 16.8 Å². The lowest BCUT2D eigenvalue weighted by Crippen LogP contribution is -2.06. The van der Waals surface area contributed by atoms with Gasteiger partial charge in [0.2, 0.25) is 0 Å². The van der Waals surface area contributed by atoms with Crippen molar-refractivity contribution in [3.63, 3.8) is 0 Å². The molecule has 0 aliphatic heterocycles. The Balaban J connectivity index is 2.80. The number of alkyl halides is 3. The van der Waals surface area contributed by atoms with Gasteiger partial charge in [-0.1, -0.05) is 23.2 Å². The monoisotopic (exact) mass is 266 g/mol. The van der Waals surface area contributed by atoms with Crippen molar-refractivity contribution >= 4 is 34.1 Å². The fourth-order valence-electron chi connectivity index (χ4n) is 1.26. The summed E-state index contributed by atoms with van der Waals surface area (Å²) in [7, 11) is 0. The maximum atomic E-state index is 12.5. The van der Waals surface area contributed by atoms with Gasteiger partial charge in [-0.3, -0.25) is 0 Å². The number of rotatable bonds is 0. The average molecular weight is 267 g/mol. The summed E-state index contributed by atoms with van der Waals surface area (Å²) in [5.74, 6) is 0. The fraction of sp³-hybridized carbons (Fsp3) is 0.111. The van der Waals surface area contributed by atoms with E-state index in [0.717, 1.165) is 18.5 Å². The highest BCUT2D eigenvalue weighted by molar-refractivity contribution is 6.35. The highest BCUT2D eigenvalue weighted by Gasteiger charge is 2.33. The molecule has 2 rings (SSSR count). The molecular weight excluding hydrogens is 264 g/mol. The smallest absolute Gasteiger partial charge is 0.236 e. The zero-order valence-corrected chi connectivity index (χ0v) is 9.03. The van der Waals surface area contributed by atoms with Crippen LogP contribution in [0.15, 0.2) is 18.5 Å². The van der Waals surface area contributed by atoms with Gasteiger partial charge >= 0.3 is 6.18 Å². The molecule has 0 aliphatic rings. The lowest BCUT2D eigenvalue weighted by atomic mass is 10.1. The van der Waals surface area contributed by atoms with Gasteiger partial charge in [0, 0.05) is 5.39 Å². The van der Waals surface area contributed by atoms with Crippen molar-refractivity contribution in [1.29, 1.82) is 0 Å². The van der Waals surface area contributed by atoms with E-state index in [1.54, 1.807) is 0 Å². The Bertz CT molecular complexity index is 554. The summed E-state index contributed by atoms with van der Waals surface area (Å²) in [5, 5.41) is -0.317. The van der Waals surface area contributed by atoms with Gasteiger partial charge in [-0.15, -0.1) is 0 Å². The van der Waals surface area contributed by atoms with Crippen LogP contribution in [0.1, 0.15) is 5.56 Å². The quantitative estimate of drug-likeness (QED) is 0.675. The summed E-state index contributed by atoms with van der Waals surface area (Å²) >= 11 is 11.2. The number of fused-ring (bicyclic) bond motifs is 1. The van der Waals surface area contributed by atoms with Crippen LogP contribution in [-0.4, -0.2) is 9.97 Å². The van der Waals surface area contributed by atoms with Gasteiger partial charge in [0.15, 0.2) is 0 Å². The molecule has 7 heteroatoms. The summed E-state index contributed by atoms with van der Waals surface area (Å²) < 4.78 is 37.6. The molecule has 0 saturated carbocycles. The van der Waals surface area contributed by atoms with Gasteiger partial charge in [-0.25, -0.2) is 9.97 Å². The zero-order valence-electron chi connectivity index (χ0n) is 7.52. The van der Waals surface area contributed by atoms with E-state index in [4.69, 9.17) is 23.2 Å². The van der Waals surface area contributed by atoms with E-state index in [2.05, 4.69) is 9.97 Å². The molecule has 1 aromatic carbocycles. The van der Waals surface area contributed by atoms with E-state index in [-0.39, 0.29) is 16.1 Å². The topological polar surface area (TPSA) is 25.8 Å². The van der Waals surface area contributed by atoms with E-state index >= 15 is 0 Å². The molecule has 0 unspecified atom stereocenters. The first kappa shape index (κ1) is 11.4. The summed E-state index contributed by atoms with van der Waals surface area (Å²) in [5.41, 5.74) is -0.670. The molecule has 0 amide bonds. The molecule has 2 aromatic rings. The third kappa shape index (κ3) is 1.92. The van der Waals surface area contributed by atoms with Crippen molar-refractivity contribution in [1.82, 2.24) is 9.97 Å². The van der Waals surface area contributed by atoms with Gasteiger partial charge in [0.1, 0.15) is 11.5 Å². The van der Waals surface area contributed by atoms with E-state index in [0.29, 0.717) is 0 Å². The average Bonchev–Trinajstić information content (AvgIpc) is 2.15. The van der Waals surface area contributed by atoms with Crippen molar-refractivity contribution < 1.29 is 13.2 Å². The second-order valence-corrected chi connectivity index (χ2v) is 3.78. The van der Waals surface area contributed by atoms with Crippen LogP contribution in [0.2, 0.25) is 10.2 Å². The first-order valence-corrected chi connectivity index (χ1v) is 4.82. The maximum absolute atomic E-state index is 12.5. The predicted molar refractivity (Wildman–Crippen MR) is 54.6 cm³/mol. The van der Waals surface area contributed by atoms with Crippen LogP contribution < -0.4 is 0 Å². The highest BCUT2D eigenvalue weighted by Crippen LogP contribution is 2.37. The number of hydrogen-bond donors (Lipinski definition) is 0. The second kappa shape index (κ2) is 3.75. The largest absolute Gasteiger partial charge is 0.417 e. The third-order valence-electron chi connectivity index (χ3n) is 1.98. The lowest BCUT2D eigenvalue weighted by molar-refractivity contribution is -0.137. The second-order valence-electron chi connectivity index (χ2n) is 3.01. The first-order valence-electron chi connectivity index (χ1n) is 4.06. The number of benzene rings is 1. The molecule has 0 saturated heterocycles. The minimum atomic E-state index is -4.52. The molecule has 84 valence electrons. The standard InChI is InChI=1S/C9H3Cl2F3N2/c10-6-2-7-4(8(11)16-3-15-7)1-5(6)9(12,13)14/h1-3H. The summed E-state index contributed by atoms with van der Waals surface area (Å²) in [6.07, 6.45) is -3.36. The zero-order chi connectivity index (χ0) is 11.9. The molecule has 0 atom stereocenters. The molecule has 0 fully saturated rings. The van der Waals surface area contributed by atoms with Gasteiger partial charge in [0.05, 0.1) is 16.1 Å². The van der Waals surface area contributed by atoms with Gasteiger partial charge in [0.25, 0.3) is 0 Å². The van der Waals surface area contributed by atoms with Crippen molar-refractivity contribution in [2.45, 2.75) is 6.18 Å². The van der Waals surface area contributed by atoms with Crippen molar-refractivity contribution in [2.75, 3.05) is 0 Å². The fourth-order valence-corrected chi connectivity index (χ4v) is 1.72. The Morgan fingerprint density at radius 3 is 2.38 bits per heavy atom. The highest BCUT2D eigenvalue weighted by atomic mass is 35.5. The molecule has 0 bridgehead atoms. The minimum absolute atomic E-state index is 0.0350. The van der Waals surface area contributed by atoms with Crippen molar-refractivity contribution in [3.8, 4) is 0 Å². The predicted octanol–water partition coefficient (Wildman–Crippen LogP) is 3.96. The normalized spacial score (nSPS) is 12.1. The Kier molecular flexibility index (Phi) is 2.67. The molecule has 1 aromatic heterocycles. The van der Waals surface area contributed by atoms with Crippen molar-refractivity contribution in [3.05, 3.63) is 34.2 Å². The van der Waals surface area contributed by atoms with Crippen LogP contribution in [0.3, 0.4) is 0 Å². The van der Waals surface area contributed by atoms with Crippen molar-refractivity contribution in [2.24, 2.45) is 0 Å². The van der Waals surface area contributed by atoms with Crippen LogP contribution in [0.25, 0.3) is 10.9 Å². The Hall–Kier alpha value is -1.07. The van der Waals surface area contributed by atoms with Gasteiger partial charge in [-0.2, -0.15) is 13.2 Å². The molecule has 0 radical (unpaired) electrons. The summed E-state index contributed by atoms with van der Waals surface area (Å²) in [6.45, 7) is 0. The number of aromatic nitrogens is 2. The molecule has 0 spiro atoms. The number of halogens is 5. The number of hydrogen-bond acceptors (Lipinski definition) is 2. The van der Waals surface area contributed by atoms with Crippen LogP contribution >= 0.6 is 23.2 Å². The molecule has 0 N–H and O–H groups in total. The number of nitrogens with zero attached hydrogens (tertiary/aromatic N) is 2. The van der Waals surface area contributed by atoms with Crippen LogP contribution in [0.4, 0.5) is 13.2 Å². The maximum Gasteiger partial charge on any atom is 0.417 e. The molecule has 0 aliphatic carbocycles. The molecule has 1 heterocycles. The minimum Gasteiger partial charge on any atom is -0.236 e. The third-order valence-corrected chi connectivity index (χ3v) is 2.59. The van der Waals surface area contributed by atoms with E-state index in [1.807, 2.05) is 0 Å².